The van der Waals surface area contributed by atoms with Crippen molar-refractivity contribution in [3.8, 4) is 0 Å². The third kappa shape index (κ3) is 7.34. The Morgan fingerprint density at radius 2 is 1.86 bits per heavy atom. The Morgan fingerprint density at radius 1 is 1.21 bits per heavy atom. The van der Waals surface area contributed by atoms with Crippen LogP contribution in [-0.4, -0.2) is 38.6 Å². The summed E-state index contributed by atoms with van der Waals surface area (Å²) in [7, 11) is 4.26. The third-order valence-corrected chi connectivity index (χ3v) is 2.50. The molecular formula is C12H28N2. The van der Waals surface area contributed by atoms with E-state index in [0.29, 0.717) is 5.41 Å². The smallest absolute Gasteiger partial charge is 0.00418 e. The molecule has 1 N–H and O–H groups in total. The minimum atomic E-state index is 0.385. The highest BCUT2D eigenvalue weighted by atomic mass is 15.1. The molecule has 0 amide bonds. The molecule has 0 rings (SSSR count). The standard InChI is InChI=1S/C12H28N2/c1-6-7-8-9-14(5)11-12(2,3)10-13-4/h13H,6-11H2,1-5H3. The van der Waals surface area contributed by atoms with E-state index in [-0.39, 0.29) is 0 Å². The molecule has 2 heteroatoms. The molecule has 0 aromatic carbocycles. The first-order chi connectivity index (χ1) is 6.52. The lowest BCUT2D eigenvalue weighted by Gasteiger charge is -2.30. The van der Waals surface area contributed by atoms with Gasteiger partial charge >= 0.3 is 0 Å². The zero-order valence-corrected chi connectivity index (χ0v) is 10.7. The fourth-order valence-corrected chi connectivity index (χ4v) is 1.98. The molecule has 14 heavy (non-hydrogen) atoms. The third-order valence-electron chi connectivity index (χ3n) is 2.50. The number of hydrogen-bond donors (Lipinski definition) is 1. The van der Waals surface area contributed by atoms with Gasteiger partial charge < -0.3 is 10.2 Å². The lowest BCUT2D eigenvalue weighted by molar-refractivity contribution is 0.204. The van der Waals surface area contributed by atoms with Crippen LogP contribution in [0.3, 0.4) is 0 Å². The maximum Gasteiger partial charge on any atom is 0.00418 e. The summed E-state index contributed by atoms with van der Waals surface area (Å²) in [6.07, 6.45) is 4.01. The molecule has 0 bridgehead atoms. The second kappa shape index (κ2) is 7.24. The lowest BCUT2D eigenvalue weighted by Crippen LogP contribution is -2.38. The first kappa shape index (κ1) is 13.9. The summed E-state index contributed by atoms with van der Waals surface area (Å²) in [5.74, 6) is 0. The van der Waals surface area contributed by atoms with Crippen molar-refractivity contribution in [1.82, 2.24) is 10.2 Å². The fraction of sp³-hybridized carbons (Fsp3) is 1.00. The molecule has 0 unspecified atom stereocenters. The van der Waals surface area contributed by atoms with Crippen LogP contribution in [0, 0.1) is 5.41 Å². The van der Waals surface area contributed by atoms with Crippen molar-refractivity contribution in [2.75, 3.05) is 33.7 Å². The van der Waals surface area contributed by atoms with Gasteiger partial charge in [-0.15, -0.1) is 0 Å². The summed E-state index contributed by atoms with van der Waals surface area (Å²) >= 11 is 0. The zero-order chi connectivity index (χ0) is 11.0. The van der Waals surface area contributed by atoms with Crippen molar-refractivity contribution in [3.63, 3.8) is 0 Å². The molecule has 0 aliphatic rings. The van der Waals surface area contributed by atoms with Crippen molar-refractivity contribution in [2.24, 2.45) is 5.41 Å². The second-order valence-electron chi connectivity index (χ2n) is 5.14. The molecule has 0 heterocycles. The Morgan fingerprint density at radius 3 is 2.36 bits per heavy atom. The van der Waals surface area contributed by atoms with Gasteiger partial charge in [0, 0.05) is 13.1 Å². The van der Waals surface area contributed by atoms with Crippen molar-refractivity contribution in [3.05, 3.63) is 0 Å². The predicted octanol–water partition coefficient (Wildman–Crippen LogP) is 2.35. The van der Waals surface area contributed by atoms with Gasteiger partial charge in [0.2, 0.25) is 0 Å². The molecular weight excluding hydrogens is 172 g/mol. The molecule has 0 aromatic heterocycles. The van der Waals surface area contributed by atoms with Crippen LogP contribution in [0.25, 0.3) is 0 Å². The van der Waals surface area contributed by atoms with E-state index in [2.05, 4.69) is 38.0 Å². The first-order valence-electron chi connectivity index (χ1n) is 5.85. The Labute approximate surface area is 90.1 Å². The number of unbranched alkanes of at least 4 members (excludes halogenated alkanes) is 2. The molecule has 0 fully saturated rings. The molecule has 0 radical (unpaired) electrons. The number of nitrogens with one attached hydrogen (secondary N) is 1. The summed E-state index contributed by atoms with van der Waals surface area (Å²) in [6, 6.07) is 0. The Hall–Kier alpha value is -0.0800. The Bertz CT molecular complexity index is 132. The van der Waals surface area contributed by atoms with Crippen LogP contribution in [0.4, 0.5) is 0 Å². The van der Waals surface area contributed by atoms with Crippen LogP contribution in [0.5, 0.6) is 0 Å². The van der Waals surface area contributed by atoms with Crippen LogP contribution in [0.2, 0.25) is 0 Å². The van der Waals surface area contributed by atoms with Crippen LogP contribution in [-0.2, 0) is 0 Å². The van der Waals surface area contributed by atoms with Gasteiger partial charge in [-0.3, -0.25) is 0 Å². The minimum Gasteiger partial charge on any atom is -0.319 e. The first-order valence-corrected chi connectivity index (χ1v) is 5.85. The van der Waals surface area contributed by atoms with Crippen LogP contribution in [0.1, 0.15) is 40.0 Å². The quantitative estimate of drug-likeness (QED) is 0.605. The molecule has 0 aliphatic carbocycles. The molecule has 0 atom stereocenters. The van der Waals surface area contributed by atoms with Crippen LogP contribution >= 0.6 is 0 Å². The van der Waals surface area contributed by atoms with Crippen molar-refractivity contribution in [1.29, 1.82) is 0 Å². The summed E-state index contributed by atoms with van der Waals surface area (Å²) < 4.78 is 0. The Kier molecular flexibility index (Phi) is 7.20. The molecule has 0 saturated heterocycles. The normalized spacial score (nSPS) is 12.4. The second-order valence-corrected chi connectivity index (χ2v) is 5.14. The van der Waals surface area contributed by atoms with E-state index in [4.69, 9.17) is 0 Å². The molecule has 0 saturated carbocycles. The number of hydrogen-bond acceptors (Lipinski definition) is 2. The van der Waals surface area contributed by atoms with E-state index in [9.17, 15) is 0 Å². The molecule has 86 valence electrons. The number of rotatable bonds is 8. The van der Waals surface area contributed by atoms with Crippen molar-refractivity contribution in [2.45, 2.75) is 40.0 Å². The minimum absolute atomic E-state index is 0.385. The molecule has 0 aliphatic heterocycles. The summed E-state index contributed by atoms with van der Waals surface area (Å²) in [4.78, 5) is 2.45. The summed E-state index contributed by atoms with van der Waals surface area (Å²) in [5, 5.41) is 3.25. The van der Waals surface area contributed by atoms with E-state index >= 15 is 0 Å². The maximum atomic E-state index is 3.25. The van der Waals surface area contributed by atoms with E-state index in [1.165, 1.54) is 32.4 Å². The highest BCUT2D eigenvalue weighted by Crippen LogP contribution is 2.15. The highest BCUT2D eigenvalue weighted by Gasteiger charge is 2.18. The van der Waals surface area contributed by atoms with Crippen LogP contribution < -0.4 is 5.32 Å². The average Bonchev–Trinajstić information content (AvgIpc) is 2.03. The fourth-order valence-electron chi connectivity index (χ4n) is 1.98. The van der Waals surface area contributed by atoms with Gasteiger partial charge in [-0.25, -0.2) is 0 Å². The SMILES string of the molecule is CCCCCN(C)CC(C)(C)CNC. The topological polar surface area (TPSA) is 15.3 Å². The molecule has 0 aromatic rings. The summed E-state index contributed by atoms with van der Waals surface area (Å²) in [5.41, 5.74) is 0.385. The van der Waals surface area contributed by atoms with Gasteiger partial charge in [0.15, 0.2) is 0 Å². The summed E-state index contributed by atoms with van der Waals surface area (Å²) in [6.45, 7) is 10.4. The highest BCUT2D eigenvalue weighted by molar-refractivity contribution is 4.74. The molecule has 0 spiro atoms. The van der Waals surface area contributed by atoms with E-state index < -0.39 is 0 Å². The van der Waals surface area contributed by atoms with Gasteiger partial charge in [-0.2, -0.15) is 0 Å². The van der Waals surface area contributed by atoms with E-state index in [0.717, 1.165) is 6.54 Å². The van der Waals surface area contributed by atoms with Crippen molar-refractivity contribution >= 4 is 0 Å². The average molecular weight is 200 g/mol. The van der Waals surface area contributed by atoms with Crippen LogP contribution in [0.15, 0.2) is 0 Å². The van der Waals surface area contributed by atoms with E-state index in [1.807, 2.05) is 7.05 Å². The van der Waals surface area contributed by atoms with Gasteiger partial charge in [0.1, 0.15) is 0 Å². The zero-order valence-electron chi connectivity index (χ0n) is 10.7. The van der Waals surface area contributed by atoms with Gasteiger partial charge in [-0.1, -0.05) is 33.6 Å². The van der Waals surface area contributed by atoms with Gasteiger partial charge in [0.25, 0.3) is 0 Å². The van der Waals surface area contributed by atoms with Gasteiger partial charge in [-0.05, 0) is 32.5 Å². The lowest BCUT2D eigenvalue weighted by atomic mass is 9.93. The van der Waals surface area contributed by atoms with Gasteiger partial charge in [0.05, 0.1) is 0 Å². The largest absolute Gasteiger partial charge is 0.319 e. The Balaban J connectivity index is 3.63. The number of nitrogens with zero attached hydrogens (tertiary/aromatic N) is 1. The van der Waals surface area contributed by atoms with Crippen molar-refractivity contribution < 1.29 is 0 Å². The maximum absolute atomic E-state index is 3.25. The van der Waals surface area contributed by atoms with E-state index in [1.54, 1.807) is 0 Å². The monoisotopic (exact) mass is 200 g/mol. The predicted molar refractivity (Wildman–Crippen MR) is 64.7 cm³/mol. The molecule has 2 nitrogen and oxygen atoms in total.